The highest BCUT2D eigenvalue weighted by atomic mass is 19.1. The Hall–Kier alpha value is -2.56. The van der Waals surface area contributed by atoms with Crippen LogP contribution < -0.4 is 0 Å². The number of ether oxygens (including phenoxy) is 1. The van der Waals surface area contributed by atoms with E-state index in [0.29, 0.717) is 25.1 Å². The van der Waals surface area contributed by atoms with Crippen molar-refractivity contribution in [3.05, 3.63) is 72.4 Å². The van der Waals surface area contributed by atoms with Crippen molar-refractivity contribution in [3.8, 4) is 0 Å². The minimum Gasteiger partial charge on any atom is -0.465 e. The number of aliphatic imine (C=N–C) groups is 1. The Kier molecular flexibility index (Phi) is 13.3. The third-order valence-corrected chi connectivity index (χ3v) is 3.00. The Bertz CT molecular complexity index is 615. The Morgan fingerprint density at radius 1 is 1.19 bits per heavy atom. The standard InChI is InChI=1S/C10H9F2N.C7H10.C4H8O2/c11-7-3-1-4-8(12)10(7)9-5-2-6-13-9;1-3-5-7-6-4-2;1-4(2)6-3-5/h1,3-4H,2,5-6H2;3-7H,1H2,2H3;3-4H,1-2H3/b;6-4-,7-5-;. The number of benzene rings is 1. The summed E-state index contributed by atoms with van der Waals surface area (Å²) < 4.78 is 30.7. The minimum absolute atomic E-state index is 0.0301. The van der Waals surface area contributed by atoms with Gasteiger partial charge in [0, 0.05) is 12.3 Å². The largest absolute Gasteiger partial charge is 0.465 e. The molecule has 0 fully saturated rings. The lowest BCUT2D eigenvalue weighted by Gasteiger charge is -2.03. The molecule has 0 radical (unpaired) electrons. The maximum absolute atomic E-state index is 13.2. The van der Waals surface area contributed by atoms with Gasteiger partial charge in [-0.2, -0.15) is 0 Å². The normalized spacial score (nSPS) is 12.9. The molecule has 0 bridgehead atoms. The monoisotopic (exact) mass is 363 g/mol. The molecule has 0 aromatic heterocycles. The summed E-state index contributed by atoms with van der Waals surface area (Å²) >= 11 is 0. The Labute approximate surface area is 154 Å². The molecule has 1 aliphatic rings. The number of rotatable bonds is 5. The van der Waals surface area contributed by atoms with Crippen molar-refractivity contribution in [1.82, 2.24) is 0 Å². The van der Waals surface area contributed by atoms with Gasteiger partial charge < -0.3 is 4.74 Å². The summed E-state index contributed by atoms with van der Waals surface area (Å²) in [5.74, 6) is -1.03. The Morgan fingerprint density at radius 2 is 1.85 bits per heavy atom. The highest BCUT2D eigenvalue weighted by molar-refractivity contribution is 6.01. The number of hydrogen-bond acceptors (Lipinski definition) is 3. The zero-order valence-electron chi connectivity index (χ0n) is 15.6. The average molecular weight is 363 g/mol. The molecule has 5 heteroatoms. The first-order valence-electron chi connectivity index (χ1n) is 8.45. The van der Waals surface area contributed by atoms with Crippen LogP contribution in [0.3, 0.4) is 0 Å². The molecule has 26 heavy (non-hydrogen) atoms. The van der Waals surface area contributed by atoms with Crippen LogP contribution in [0.15, 0.2) is 60.2 Å². The lowest BCUT2D eigenvalue weighted by atomic mass is 10.1. The number of hydrogen-bond donors (Lipinski definition) is 0. The van der Waals surface area contributed by atoms with Crippen LogP contribution in [0.1, 0.15) is 39.2 Å². The van der Waals surface area contributed by atoms with Crippen LogP contribution in [-0.4, -0.2) is 24.8 Å². The van der Waals surface area contributed by atoms with Gasteiger partial charge in [-0.05, 0) is 45.7 Å². The van der Waals surface area contributed by atoms with Gasteiger partial charge in [-0.25, -0.2) is 8.78 Å². The van der Waals surface area contributed by atoms with Crippen LogP contribution in [0.5, 0.6) is 0 Å². The third-order valence-electron chi connectivity index (χ3n) is 3.00. The molecule has 0 spiro atoms. The Balaban J connectivity index is 0.000000411. The first kappa shape index (κ1) is 23.4. The summed E-state index contributed by atoms with van der Waals surface area (Å²) in [6, 6.07) is 3.89. The first-order chi connectivity index (χ1) is 12.5. The molecule has 142 valence electrons. The first-order valence-corrected chi connectivity index (χ1v) is 8.45. The molecule has 0 amide bonds. The van der Waals surface area contributed by atoms with Crippen molar-refractivity contribution in [2.24, 2.45) is 4.99 Å². The summed E-state index contributed by atoms with van der Waals surface area (Å²) in [6.45, 7) is 10.2. The molecule has 1 heterocycles. The fourth-order valence-corrected chi connectivity index (χ4v) is 1.88. The smallest absolute Gasteiger partial charge is 0.293 e. The molecule has 0 unspecified atom stereocenters. The number of halogens is 2. The summed E-state index contributed by atoms with van der Waals surface area (Å²) in [4.78, 5) is 13.5. The molecular formula is C21H27F2NO2. The van der Waals surface area contributed by atoms with E-state index in [1.165, 1.54) is 18.2 Å². The van der Waals surface area contributed by atoms with Gasteiger partial charge in [-0.1, -0.05) is 43.0 Å². The molecule has 1 aromatic rings. The lowest BCUT2D eigenvalue weighted by Crippen LogP contribution is -2.03. The minimum atomic E-state index is -0.513. The second kappa shape index (κ2) is 14.8. The predicted octanol–water partition coefficient (Wildman–Crippen LogP) is 5.42. The molecule has 0 aliphatic carbocycles. The second-order valence-corrected chi connectivity index (χ2v) is 5.46. The predicted molar refractivity (Wildman–Crippen MR) is 103 cm³/mol. The van der Waals surface area contributed by atoms with Crippen LogP contribution in [0, 0.1) is 11.6 Å². The van der Waals surface area contributed by atoms with Crippen LogP contribution in [0.25, 0.3) is 0 Å². The fourth-order valence-electron chi connectivity index (χ4n) is 1.88. The van der Waals surface area contributed by atoms with Gasteiger partial charge in [0.25, 0.3) is 6.47 Å². The molecule has 0 saturated heterocycles. The summed E-state index contributed by atoms with van der Waals surface area (Å²) in [5.41, 5.74) is 0.621. The van der Waals surface area contributed by atoms with Crippen molar-refractivity contribution >= 4 is 12.2 Å². The number of nitrogens with zero attached hydrogens (tertiary/aromatic N) is 1. The number of allylic oxidation sites excluding steroid dienone is 5. The molecular weight excluding hydrogens is 336 g/mol. The number of carbonyl (C=O) groups is 1. The van der Waals surface area contributed by atoms with Crippen LogP contribution in [0.4, 0.5) is 8.78 Å². The summed E-state index contributed by atoms with van der Waals surface area (Å²) in [5, 5.41) is 0. The van der Waals surface area contributed by atoms with E-state index in [4.69, 9.17) is 0 Å². The third kappa shape index (κ3) is 10.3. The van der Waals surface area contributed by atoms with E-state index in [1.807, 2.05) is 31.2 Å². The van der Waals surface area contributed by atoms with Crippen LogP contribution >= 0.6 is 0 Å². The van der Waals surface area contributed by atoms with Crippen molar-refractivity contribution in [2.75, 3.05) is 6.54 Å². The SMILES string of the molecule is C=C/C=C\C=C/C.CC(C)OC=O.Fc1cccc(F)c1C1=NCCC1. The van der Waals surface area contributed by atoms with Crippen LogP contribution in [0.2, 0.25) is 0 Å². The maximum atomic E-state index is 13.2. The molecule has 2 rings (SSSR count). The zero-order valence-corrected chi connectivity index (χ0v) is 15.6. The lowest BCUT2D eigenvalue weighted by molar-refractivity contribution is -0.131. The van der Waals surface area contributed by atoms with Gasteiger partial charge in [-0.3, -0.25) is 9.79 Å². The molecule has 1 aliphatic heterocycles. The van der Waals surface area contributed by atoms with E-state index in [2.05, 4.69) is 16.3 Å². The number of carbonyl (C=O) groups excluding carboxylic acids is 1. The van der Waals surface area contributed by atoms with Crippen molar-refractivity contribution in [2.45, 2.75) is 39.7 Å². The molecule has 0 N–H and O–H groups in total. The van der Waals surface area contributed by atoms with E-state index in [9.17, 15) is 13.6 Å². The van der Waals surface area contributed by atoms with Crippen molar-refractivity contribution in [1.29, 1.82) is 0 Å². The van der Waals surface area contributed by atoms with E-state index in [-0.39, 0.29) is 11.7 Å². The molecule has 3 nitrogen and oxygen atoms in total. The van der Waals surface area contributed by atoms with Crippen molar-refractivity contribution in [3.63, 3.8) is 0 Å². The maximum Gasteiger partial charge on any atom is 0.293 e. The van der Waals surface area contributed by atoms with Crippen molar-refractivity contribution < 1.29 is 18.3 Å². The average Bonchev–Trinajstić information content (AvgIpc) is 3.10. The highest BCUT2D eigenvalue weighted by Gasteiger charge is 2.17. The second-order valence-electron chi connectivity index (χ2n) is 5.46. The van der Waals surface area contributed by atoms with Gasteiger partial charge in [-0.15, -0.1) is 0 Å². The van der Waals surface area contributed by atoms with Gasteiger partial charge in [0.2, 0.25) is 0 Å². The molecule has 0 saturated carbocycles. The molecule has 0 atom stereocenters. The zero-order chi connectivity index (χ0) is 19.8. The summed E-state index contributed by atoms with van der Waals surface area (Å²) in [7, 11) is 0. The van der Waals surface area contributed by atoms with E-state index < -0.39 is 11.6 Å². The van der Waals surface area contributed by atoms with E-state index in [1.54, 1.807) is 19.9 Å². The quantitative estimate of drug-likeness (QED) is 0.517. The summed E-state index contributed by atoms with van der Waals surface area (Å²) in [6.07, 6.45) is 11.1. The highest BCUT2D eigenvalue weighted by Crippen LogP contribution is 2.18. The van der Waals surface area contributed by atoms with E-state index in [0.717, 1.165) is 6.42 Å². The Morgan fingerprint density at radius 3 is 2.23 bits per heavy atom. The van der Waals surface area contributed by atoms with Crippen LogP contribution in [-0.2, 0) is 9.53 Å². The van der Waals surface area contributed by atoms with E-state index >= 15 is 0 Å². The molecule has 1 aromatic carbocycles. The van der Waals surface area contributed by atoms with Gasteiger partial charge in [0.1, 0.15) is 11.6 Å². The van der Waals surface area contributed by atoms with Gasteiger partial charge >= 0.3 is 0 Å². The van der Waals surface area contributed by atoms with Gasteiger partial charge in [0.05, 0.1) is 11.7 Å². The fraction of sp³-hybridized carbons (Fsp3) is 0.333. The topological polar surface area (TPSA) is 38.7 Å². The van der Waals surface area contributed by atoms with Gasteiger partial charge in [0.15, 0.2) is 0 Å².